The molecule has 0 saturated carbocycles. The van der Waals surface area contributed by atoms with Gasteiger partial charge in [-0.2, -0.15) is 4.98 Å². The third-order valence-corrected chi connectivity index (χ3v) is 4.96. The summed E-state index contributed by atoms with van der Waals surface area (Å²) >= 11 is 1.67. The van der Waals surface area contributed by atoms with E-state index in [0.717, 1.165) is 27.7 Å². The molecule has 0 fully saturated rings. The van der Waals surface area contributed by atoms with Crippen molar-refractivity contribution in [3.8, 4) is 22.1 Å². The Hall–Kier alpha value is -3.19. The van der Waals surface area contributed by atoms with Gasteiger partial charge in [-0.15, -0.1) is 11.3 Å². The molecular formula is C19H17N5OS. The Bertz CT molecular complexity index is 981. The molecule has 7 heteroatoms. The van der Waals surface area contributed by atoms with Crippen LogP contribution in [-0.2, 0) is 0 Å². The fraction of sp³-hybridized carbons (Fsp3) is 0.105. The highest BCUT2D eigenvalue weighted by Gasteiger charge is 2.16. The number of rotatable bonds is 5. The molecule has 0 saturated heterocycles. The van der Waals surface area contributed by atoms with Crippen molar-refractivity contribution in [1.82, 2.24) is 19.5 Å². The Morgan fingerprint density at radius 1 is 1.15 bits per heavy atom. The number of methoxy groups -OCH3 is 1. The van der Waals surface area contributed by atoms with Crippen LogP contribution in [0.1, 0.15) is 0 Å². The largest absolute Gasteiger partial charge is 0.497 e. The lowest BCUT2D eigenvalue weighted by atomic mass is 10.2. The number of ether oxygens (including phenoxy) is 1. The second kappa shape index (κ2) is 6.97. The van der Waals surface area contributed by atoms with Crippen molar-refractivity contribution >= 4 is 22.8 Å². The van der Waals surface area contributed by atoms with Crippen LogP contribution in [0.3, 0.4) is 0 Å². The number of hydrogen-bond acceptors (Lipinski definition) is 6. The molecule has 0 aliphatic heterocycles. The summed E-state index contributed by atoms with van der Waals surface area (Å²) in [4.78, 5) is 16.6. The lowest BCUT2D eigenvalue weighted by Crippen LogP contribution is -2.14. The summed E-state index contributed by atoms with van der Waals surface area (Å²) in [6.07, 6.45) is 7.10. The van der Waals surface area contributed by atoms with Crippen LogP contribution in [0, 0.1) is 0 Å². The summed E-state index contributed by atoms with van der Waals surface area (Å²) in [7, 11) is 3.66. The van der Waals surface area contributed by atoms with Gasteiger partial charge >= 0.3 is 0 Å². The number of nitrogens with zero attached hydrogens (tertiary/aromatic N) is 5. The highest BCUT2D eigenvalue weighted by atomic mass is 32.1. The van der Waals surface area contributed by atoms with E-state index in [1.54, 1.807) is 35.5 Å². The smallest absolute Gasteiger partial charge is 0.236 e. The first-order valence-corrected chi connectivity index (χ1v) is 8.91. The molecule has 4 rings (SSSR count). The molecule has 0 radical (unpaired) electrons. The van der Waals surface area contributed by atoms with Crippen molar-refractivity contribution < 1.29 is 4.74 Å². The van der Waals surface area contributed by atoms with Gasteiger partial charge in [0.1, 0.15) is 17.9 Å². The van der Waals surface area contributed by atoms with Crippen molar-refractivity contribution in [3.05, 3.63) is 66.7 Å². The molecule has 4 aromatic rings. The predicted molar refractivity (Wildman–Crippen MR) is 104 cm³/mol. The van der Waals surface area contributed by atoms with Gasteiger partial charge in [0.15, 0.2) is 0 Å². The van der Waals surface area contributed by atoms with E-state index in [1.807, 2.05) is 49.8 Å². The van der Waals surface area contributed by atoms with E-state index in [0.29, 0.717) is 5.95 Å². The first kappa shape index (κ1) is 16.3. The lowest BCUT2D eigenvalue weighted by Gasteiger charge is -2.21. The average Bonchev–Trinajstić information content (AvgIpc) is 3.41. The minimum atomic E-state index is 0.582. The normalized spacial score (nSPS) is 10.7. The minimum Gasteiger partial charge on any atom is -0.497 e. The average molecular weight is 363 g/mol. The molecule has 3 heterocycles. The predicted octanol–water partition coefficient (Wildman–Crippen LogP) is 4.17. The molecule has 1 aromatic carbocycles. The second-order valence-electron chi connectivity index (χ2n) is 5.61. The maximum absolute atomic E-state index is 5.25. The van der Waals surface area contributed by atoms with Crippen molar-refractivity contribution in [2.75, 3.05) is 19.1 Å². The van der Waals surface area contributed by atoms with Gasteiger partial charge in [-0.05, 0) is 35.7 Å². The maximum Gasteiger partial charge on any atom is 0.236 e. The first-order chi connectivity index (χ1) is 12.8. The van der Waals surface area contributed by atoms with E-state index in [2.05, 4.69) is 26.3 Å². The molecule has 0 atom stereocenters. The van der Waals surface area contributed by atoms with Crippen LogP contribution in [0.25, 0.3) is 16.4 Å². The van der Waals surface area contributed by atoms with Crippen molar-refractivity contribution in [1.29, 1.82) is 0 Å². The van der Waals surface area contributed by atoms with Gasteiger partial charge in [-0.25, -0.2) is 9.97 Å². The van der Waals surface area contributed by atoms with Crippen molar-refractivity contribution in [3.63, 3.8) is 0 Å². The molecule has 0 spiro atoms. The van der Waals surface area contributed by atoms with E-state index in [9.17, 15) is 0 Å². The fourth-order valence-electron chi connectivity index (χ4n) is 2.66. The third kappa shape index (κ3) is 3.04. The topological polar surface area (TPSA) is 56.1 Å². The molecule has 0 aliphatic rings. The van der Waals surface area contributed by atoms with Crippen LogP contribution < -0.4 is 9.64 Å². The van der Waals surface area contributed by atoms with Crippen LogP contribution in [0.2, 0.25) is 0 Å². The van der Waals surface area contributed by atoms with Gasteiger partial charge in [0.05, 0.1) is 12.7 Å². The Kier molecular flexibility index (Phi) is 4.37. The standard InChI is InChI=1S/C19H17N5OS/c1-23(14-5-7-15(25-2)8-6-14)18-16(17-4-3-11-26-17)12-21-19(22-18)24-10-9-20-13-24/h3-13H,1-2H3. The van der Waals surface area contributed by atoms with Gasteiger partial charge in [-0.1, -0.05) is 6.07 Å². The molecule has 0 aliphatic carbocycles. The Morgan fingerprint density at radius 3 is 2.65 bits per heavy atom. The summed E-state index contributed by atoms with van der Waals surface area (Å²) in [5.74, 6) is 2.23. The van der Waals surface area contributed by atoms with Crippen LogP contribution in [-0.4, -0.2) is 33.7 Å². The maximum atomic E-state index is 5.25. The highest BCUT2D eigenvalue weighted by Crippen LogP contribution is 2.35. The number of anilines is 2. The third-order valence-electron chi connectivity index (χ3n) is 4.06. The highest BCUT2D eigenvalue weighted by molar-refractivity contribution is 7.13. The van der Waals surface area contributed by atoms with Gasteiger partial charge in [0.2, 0.25) is 5.95 Å². The van der Waals surface area contributed by atoms with E-state index in [1.165, 1.54) is 0 Å². The summed E-state index contributed by atoms with van der Waals surface area (Å²) in [5.41, 5.74) is 2.00. The molecule has 0 bridgehead atoms. The summed E-state index contributed by atoms with van der Waals surface area (Å²) < 4.78 is 7.05. The summed E-state index contributed by atoms with van der Waals surface area (Å²) in [6.45, 7) is 0. The Labute approximate surface area is 155 Å². The number of aromatic nitrogens is 4. The summed E-state index contributed by atoms with van der Waals surface area (Å²) in [6, 6.07) is 12.0. The molecule has 26 heavy (non-hydrogen) atoms. The zero-order chi connectivity index (χ0) is 17.9. The monoisotopic (exact) mass is 363 g/mol. The quantitative estimate of drug-likeness (QED) is 0.533. The van der Waals surface area contributed by atoms with E-state index in [4.69, 9.17) is 9.72 Å². The molecule has 3 aromatic heterocycles. The van der Waals surface area contributed by atoms with E-state index < -0.39 is 0 Å². The van der Waals surface area contributed by atoms with Crippen LogP contribution >= 0.6 is 11.3 Å². The number of imidazole rings is 1. The number of thiophene rings is 1. The Morgan fingerprint density at radius 2 is 2.00 bits per heavy atom. The van der Waals surface area contributed by atoms with Crippen LogP contribution in [0.4, 0.5) is 11.5 Å². The molecular weight excluding hydrogens is 346 g/mol. The molecule has 0 unspecified atom stereocenters. The van der Waals surface area contributed by atoms with Crippen LogP contribution in [0.5, 0.6) is 5.75 Å². The Balaban J connectivity index is 1.81. The first-order valence-electron chi connectivity index (χ1n) is 8.03. The van der Waals surface area contributed by atoms with Gasteiger partial charge in [-0.3, -0.25) is 4.57 Å². The molecule has 0 N–H and O–H groups in total. The molecule has 0 amide bonds. The van der Waals surface area contributed by atoms with Crippen molar-refractivity contribution in [2.45, 2.75) is 0 Å². The van der Waals surface area contributed by atoms with Crippen LogP contribution in [0.15, 0.2) is 66.7 Å². The van der Waals surface area contributed by atoms with Gasteiger partial charge < -0.3 is 9.64 Å². The molecule has 130 valence electrons. The molecule has 6 nitrogen and oxygen atoms in total. The van der Waals surface area contributed by atoms with Gasteiger partial charge in [0, 0.05) is 36.2 Å². The van der Waals surface area contributed by atoms with E-state index in [-0.39, 0.29) is 0 Å². The zero-order valence-corrected chi connectivity index (χ0v) is 15.2. The number of benzene rings is 1. The summed E-state index contributed by atoms with van der Waals surface area (Å²) in [5, 5.41) is 2.05. The second-order valence-corrected chi connectivity index (χ2v) is 6.56. The van der Waals surface area contributed by atoms with Crippen molar-refractivity contribution in [2.24, 2.45) is 0 Å². The SMILES string of the molecule is COc1ccc(N(C)c2nc(-n3ccnc3)ncc2-c2cccs2)cc1. The van der Waals surface area contributed by atoms with E-state index >= 15 is 0 Å². The number of hydrogen-bond donors (Lipinski definition) is 0. The van der Waals surface area contributed by atoms with Gasteiger partial charge in [0.25, 0.3) is 0 Å². The fourth-order valence-corrected chi connectivity index (χ4v) is 3.39. The lowest BCUT2D eigenvalue weighted by molar-refractivity contribution is 0.415. The zero-order valence-electron chi connectivity index (χ0n) is 14.4. The minimum absolute atomic E-state index is 0.582.